The summed E-state index contributed by atoms with van der Waals surface area (Å²) in [5.74, 6) is -9.57. The molecule has 4 heterocycles. The number of imidazole rings is 1. The fourth-order valence-electron chi connectivity index (χ4n) is 11.6. The number of rotatable bonds is 16. The van der Waals surface area contributed by atoms with Gasteiger partial charge in [-0.25, -0.2) is 9.37 Å². The number of primary amides is 1. The number of Topliss-reactive ketones (excluding diaryl/α,β-unsaturated/α-hetero) is 1. The minimum atomic E-state index is -1.94. The van der Waals surface area contributed by atoms with E-state index in [1.807, 2.05) is 24.3 Å². The lowest BCUT2D eigenvalue weighted by Gasteiger charge is -2.30. The number of aromatic hydroxyl groups is 1. The number of aliphatic carboxylic acids is 1. The molecule has 6 aromatic rings. The molecule has 2 aliphatic rings. The Morgan fingerprint density at radius 1 is 0.670 bits per heavy atom. The van der Waals surface area contributed by atoms with E-state index in [0.717, 1.165) is 11.1 Å². The number of H-pyrrole nitrogens is 2. The number of benzene rings is 4. The zero-order chi connectivity index (χ0) is 69.4. The quantitative estimate of drug-likeness (QED) is 0.0620. The number of thioether (sulfide) groups is 2. The summed E-state index contributed by atoms with van der Waals surface area (Å²) in [6.45, 7) is -0.273. The molecule has 0 saturated carbocycles. The molecular formula is C68H82FN13O13S2. The highest BCUT2D eigenvalue weighted by Crippen LogP contribution is 2.27. The molecule has 0 radical (unpaired) electrons. The van der Waals surface area contributed by atoms with Gasteiger partial charge in [0.05, 0.1) is 31.3 Å². The molecule has 1 saturated heterocycles. The van der Waals surface area contributed by atoms with Crippen LogP contribution in [0.15, 0.2) is 116 Å². The maximum absolute atomic E-state index is 15.0. The number of amides is 9. The summed E-state index contributed by atoms with van der Waals surface area (Å²) in [5, 5.41) is 39.3. The van der Waals surface area contributed by atoms with Gasteiger partial charge >= 0.3 is 5.97 Å². The van der Waals surface area contributed by atoms with Crippen molar-refractivity contribution in [2.24, 2.45) is 17.4 Å². The van der Waals surface area contributed by atoms with E-state index in [1.54, 1.807) is 30.3 Å². The van der Waals surface area contributed by atoms with Crippen molar-refractivity contribution in [3.05, 3.63) is 155 Å². The van der Waals surface area contributed by atoms with Crippen molar-refractivity contribution >= 4 is 99.3 Å². The van der Waals surface area contributed by atoms with Crippen LogP contribution >= 0.6 is 23.5 Å². The van der Waals surface area contributed by atoms with Crippen LogP contribution in [0.5, 0.6) is 5.75 Å². The third-order valence-corrected chi connectivity index (χ3v) is 18.9. The normalized spacial score (nSPS) is 22.4. The summed E-state index contributed by atoms with van der Waals surface area (Å²) in [5.41, 5.74) is 15.9. The number of nitrogens with one attached hydrogen (secondary N) is 9. The Morgan fingerprint density at radius 3 is 2.05 bits per heavy atom. The van der Waals surface area contributed by atoms with E-state index >= 15 is 0 Å². The number of ketones is 1. The largest absolute Gasteiger partial charge is 0.508 e. The first-order valence-corrected chi connectivity index (χ1v) is 34.4. The van der Waals surface area contributed by atoms with Gasteiger partial charge in [0, 0.05) is 90.7 Å². The fourth-order valence-corrected chi connectivity index (χ4v) is 13.6. The van der Waals surface area contributed by atoms with Crippen molar-refractivity contribution in [3.8, 4) is 5.75 Å². The zero-order valence-electron chi connectivity index (χ0n) is 53.4. The Kier molecular flexibility index (Phi) is 27.5. The van der Waals surface area contributed by atoms with Crippen LogP contribution in [0.3, 0.4) is 0 Å². The number of carbonyl (C=O) groups excluding carboxylic acids is 10. The van der Waals surface area contributed by atoms with Crippen molar-refractivity contribution in [1.29, 1.82) is 0 Å². The number of hydrogen-bond donors (Lipinski definition) is 13. The van der Waals surface area contributed by atoms with Gasteiger partial charge in [0.2, 0.25) is 53.2 Å². The number of halogens is 1. The van der Waals surface area contributed by atoms with Crippen LogP contribution in [0.4, 0.5) is 4.39 Å². The van der Waals surface area contributed by atoms with E-state index in [2.05, 4.69) is 52.2 Å². The molecule has 2 aromatic heterocycles. The molecule has 8 atom stereocenters. The highest BCUT2D eigenvalue weighted by Gasteiger charge is 2.41. The standard InChI is InChI=1S/C68H82FN13O13S2/c69-46-17-21-50-49(30-46)44(33-73-50)28-53-65(92)78-52(20-16-40-8-2-1-3-9-40)64(91)80-55(32-61(87)88)67(94)79-54(31-47-34-72-39-75-47)66(93)81-56(27-41-14-18-48(83)19-15-41)68(95)82-24-7-13-57(82)58(84)29-45(62(71)89)38-97-37-43-11-6-10-42(26-43)36-96-25-22-59(85)76-51(12-4-5-23-70)63(90)74-35-60(86)77-53/h1-3,6,8-11,14-15,17-19,21,26,30,33-34,39,45,51-57,73,83H,4-5,7,12-13,16,20,22-25,27-29,31-32,35-38,70H2,(H2,71,89)(H,72,75)(H,74,90)(H,76,85)(H,77,86)(H,78,92)(H,79,94)(H,80,91)(H,81,93)(H,87,88)/t45-,51-,52-,53-,54-,55-,56-,57-/m0/s1. The topological polar surface area (TPSA) is 412 Å². The number of carboxylic acid groups (broad SMARTS) is 1. The first-order valence-electron chi connectivity index (χ1n) is 32.1. The zero-order valence-corrected chi connectivity index (χ0v) is 55.0. The van der Waals surface area contributed by atoms with Gasteiger partial charge in [-0.05, 0) is 110 Å². The first kappa shape index (κ1) is 73.2. The maximum atomic E-state index is 15.0. The van der Waals surface area contributed by atoms with Crippen LogP contribution < -0.4 is 48.7 Å². The molecule has 8 rings (SSSR count). The number of carboxylic acids is 1. The number of nitrogens with two attached hydrogens (primary N) is 2. The fraction of sp³-hybridized carbons (Fsp3) is 0.412. The summed E-state index contributed by atoms with van der Waals surface area (Å²) in [6, 6.07) is 16.1. The van der Waals surface area contributed by atoms with Gasteiger partial charge in [0.1, 0.15) is 47.8 Å². The predicted octanol–water partition coefficient (Wildman–Crippen LogP) is 2.65. The molecular weight excluding hydrogens is 1290 g/mol. The number of aryl methyl sites for hydroxylation is 1. The minimum Gasteiger partial charge on any atom is -0.508 e. The Bertz CT molecular complexity index is 3730. The van der Waals surface area contributed by atoms with Gasteiger partial charge in [-0.2, -0.15) is 23.5 Å². The number of aromatic nitrogens is 3. The van der Waals surface area contributed by atoms with E-state index in [-0.39, 0.29) is 75.8 Å². The molecule has 516 valence electrons. The Morgan fingerprint density at radius 2 is 1.34 bits per heavy atom. The lowest BCUT2D eigenvalue weighted by Crippen LogP contribution is -2.60. The number of phenols is 1. The van der Waals surface area contributed by atoms with E-state index in [1.165, 1.54) is 89.6 Å². The van der Waals surface area contributed by atoms with E-state index < -0.39 is 132 Å². The lowest BCUT2D eigenvalue weighted by atomic mass is 9.97. The maximum Gasteiger partial charge on any atom is 0.305 e. The molecule has 0 aliphatic carbocycles. The van der Waals surface area contributed by atoms with E-state index in [9.17, 15) is 67.3 Å². The highest BCUT2D eigenvalue weighted by molar-refractivity contribution is 7.98. The molecule has 4 aromatic carbocycles. The number of phenolic OH excluding ortho intramolecular Hbond substituents is 1. The van der Waals surface area contributed by atoms with Crippen LogP contribution in [0.2, 0.25) is 0 Å². The molecule has 97 heavy (non-hydrogen) atoms. The third-order valence-electron chi connectivity index (χ3n) is 16.7. The van der Waals surface area contributed by atoms with Crippen molar-refractivity contribution in [1.82, 2.24) is 57.1 Å². The van der Waals surface area contributed by atoms with Gasteiger partial charge in [-0.3, -0.25) is 52.7 Å². The first-order chi connectivity index (χ1) is 46.7. The van der Waals surface area contributed by atoms with Gasteiger partial charge < -0.3 is 73.8 Å². The van der Waals surface area contributed by atoms with Gasteiger partial charge in [-0.15, -0.1) is 0 Å². The van der Waals surface area contributed by atoms with Crippen LogP contribution in [0.25, 0.3) is 10.9 Å². The molecule has 15 N–H and O–H groups in total. The van der Waals surface area contributed by atoms with Crippen molar-refractivity contribution in [2.45, 2.75) is 137 Å². The van der Waals surface area contributed by atoms with E-state index in [0.29, 0.717) is 76.4 Å². The van der Waals surface area contributed by atoms with Crippen molar-refractivity contribution in [2.75, 3.05) is 31.1 Å². The van der Waals surface area contributed by atoms with E-state index in [4.69, 9.17) is 11.5 Å². The second-order valence-electron chi connectivity index (χ2n) is 24.1. The Hall–Kier alpha value is -9.61. The number of hydrogen-bond acceptors (Lipinski definition) is 16. The Labute approximate surface area is 567 Å². The Balaban J connectivity index is 1.11. The average molecular weight is 1370 g/mol. The summed E-state index contributed by atoms with van der Waals surface area (Å²) in [6.07, 6.45) is 3.84. The van der Waals surface area contributed by atoms with Gasteiger partial charge in [0.15, 0.2) is 5.78 Å². The van der Waals surface area contributed by atoms with Crippen LogP contribution in [0.1, 0.15) is 91.3 Å². The SMILES string of the molecule is NCCCC[C@@H]1NC(=O)CCSCc2cccc(c2)CSC[C@@H](C(N)=O)CC(=O)[C@@H]2CCCN2C(=O)[C@H](Cc2ccc(O)cc2)NC(=O)[C@H](Cc2cnc[nH]2)NC(=O)[C@H](CC(=O)O)NC(=O)[C@H](CCc2ccccc2)NC(=O)[C@H](Cc2c[nH]c3ccc(F)cc23)NC(=O)CNC1=O. The molecule has 2 bridgehead atoms. The molecule has 9 amide bonds. The number of fused-ring (bicyclic) bond motifs is 4. The predicted molar refractivity (Wildman–Crippen MR) is 361 cm³/mol. The molecule has 0 unspecified atom stereocenters. The second kappa shape index (κ2) is 36.5. The summed E-state index contributed by atoms with van der Waals surface area (Å²) < 4.78 is 14.8. The molecule has 29 heteroatoms. The summed E-state index contributed by atoms with van der Waals surface area (Å²) in [7, 11) is 0. The second-order valence-corrected chi connectivity index (χ2v) is 26.2. The van der Waals surface area contributed by atoms with Crippen LogP contribution in [-0.2, 0) is 89.9 Å². The molecule has 2 aliphatic heterocycles. The van der Waals surface area contributed by atoms with Gasteiger partial charge in [-0.1, -0.05) is 66.7 Å². The number of nitrogens with zero attached hydrogens (tertiary/aromatic N) is 2. The summed E-state index contributed by atoms with van der Waals surface area (Å²) >= 11 is 2.89. The molecule has 1 fully saturated rings. The minimum absolute atomic E-state index is 0.0395. The number of carbonyl (C=O) groups is 11. The number of unbranched alkanes of at least 4 members (excludes halogenated alkanes) is 1. The highest BCUT2D eigenvalue weighted by atomic mass is 32.2. The third kappa shape index (κ3) is 22.5. The number of aromatic amines is 2. The lowest BCUT2D eigenvalue weighted by molar-refractivity contribution is -0.142. The van der Waals surface area contributed by atoms with Crippen molar-refractivity contribution in [3.63, 3.8) is 0 Å². The van der Waals surface area contributed by atoms with Crippen molar-refractivity contribution < 1.29 is 67.3 Å². The monoisotopic (exact) mass is 1370 g/mol. The van der Waals surface area contributed by atoms with Crippen LogP contribution in [0, 0.1) is 11.7 Å². The molecule has 0 spiro atoms. The molecule has 26 nitrogen and oxygen atoms in total. The summed E-state index contributed by atoms with van der Waals surface area (Å²) in [4.78, 5) is 167. The van der Waals surface area contributed by atoms with Gasteiger partial charge in [0.25, 0.3) is 0 Å². The van der Waals surface area contributed by atoms with Crippen LogP contribution in [-0.4, -0.2) is 168 Å². The smallest absolute Gasteiger partial charge is 0.305 e. The average Bonchev–Trinajstić information content (AvgIpc) is 1.73.